The van der Waals surface area contributed by atoms with E-state index in [2.05, 4.69) is 4.98 Å². The van der Waals surface area contributed by atoms with E-state index in [9.17, 15) is 4.79 Å². The Labute approximate surface area is 107 Å². The summed E-state index contributed by atoms with van der Waals surface area (Å²) >= 11 is 0. The minimum atomic E-state index is -0.267. The lowest BCUT2D eigenvalue weighted by Gasteiger charge is -2.12. The zero-order chi connectivity index (χ0) is 13.3. The van der Waals surface area contributed by atoms with E-state index in [1.165, 1.54) is 0 Å². The fourth-order valence-corrected chi connectivity index (χ4v) is 2.06. The number of H-pyrrole nitrogens is 1. The summed E-state index contributed by atoms with van der Waals surface area (Å²) < 4.78 is 5.10. The van der Waals surface area contributed by atoms with E-state index < -0.39 is 0 Å². The quantitative estimate of drug-likeness (QED) is 0.847. The normalized spacial score (nSPS) is 10.7. The highest BCUT2D eigenvalue weighted by Crippen LogP contribution is 2.26. The van der Waals surface area contributed by atoms with E-state index in [0.29, 0.717) is 12.2 Å². The van der Waals surface area contributed by atoms with Crippen molar-refractivity contribution >= 4 is 22.6 Å². The number of ether oxygens (including phenoxy) is 1. The van der Waals surface area contributed by atoms with Crippen LogP contribution in [0, 0.1) is 6.92 Å². The van der Waals surface area contributed by atoms with Crippen molar-refractivity contribution < 1.29 is 9.53 Å². The summed E-state index contributed by atoms with van der Waals surface area (Å²) in [7, 11) is 3.95. The SMILES string of the molecule is CCOC(=O)c1c(C)[nH]c2ccc(N(C)C)cc12. The first kappa shape index (κ1) is 12.5. The predicted molar refractivity (Wildman–Crippen MR) is 73.3 cm³/mol. The Morgan fingerprint density at radius 1 is 1.39 bits per heavy atom. The average Bonchev–Trinajstić information content (AvgIpc) is 2.63. The second-order valence-corrected chi connectivity index (χ2v) is 4.47. The molecule has 0 amide bonds. The first-order valence-corrected chi connectivity index (χ1v) is 6.01. The summed E-state index contributed by atoms with van der Waals surface area (Å²) in [6.07, 6.45) is 0. The summed E-state index contributed by atoms with van der Waals surface area (Å²) in [4.78, 5) is 17.2. The third-order valence-corrected chi connectivity index (χ3v) is 2.97. The summed E-state index contributed by atoms with van der Waals surface area (Å²) in [6, 6.07) is 6.01. The Hall–Kier alpha value is -1.97. The molecule has 96 valence electrons. The van der Waals surface area contributed by atoms with Gasteiger partial charge in [0.1, 0.15) is 0 Å². The van der Waals surface area contributed by atoms with Gasteiger partial charge in [0.15, 0.2) is 0 Å². The van der Waals surface area contributed by atoms with Gasteiger partial charge in [-0.1, -0.05) is 0 Å². The van der Waals surface area contributed by atoms with Crippen LogP contribution in [0.25, 0.3) is 10.9 Å². The van der Waals surface area contributed by atoms with Crippen LogP contribution in [-0.4, -0.2) is 31.7 Å². The van der Waals surface area contributed by atoms with Gasteiger partial charge in [0, 0.05) is 36.4 Å². The van der Waals surface area contributed by atoms with Crippen molar-refractivity contribution in [2.45, 2.75) is 13.8 Å². The van der Waals surface area contributed by atoms with Crippen molar-refractivity contribution in [3.63, 3.8) is 0 Å². The number of esters is 1. The van der Waals surface area contributed by atoms with Crippen molar-refractivity contribution in [2.75, 3.05) is 25.6 Å². The standard InChI is InChI=1S/C14H18N2O2/c1-5-18-14(17)13-9(2)15-12-7-6-10(16(3)4)8-11(12)13/h6-8,15H,5H2,1-4H3. The van der Waals surface area contributed by atoms with E-state index in [1.807, 2.05) is 51.0 Å². The maximum atomic E-state index is 12.0. The molecule has 1 heterocycles. The van der Waals surface area contributed by atoms with E-state index in [4.69, 9.17) is 4.74 Å². The molecule has 0 saturated heterocycles. The molecule has 0 atom stereocenters. The molecule has 0 unspecified atom stereocenters. The number of aromatic amines is 1. The Balaban J connectivity index is 2.60. The van der Waals surface area contributed by atoms with Crippen molar-refractivity contribution in [3.05, 3.63) is 29.5 Å². The van der Waals surface area contributed by atoms with E-state index in [-0.39, 0.29) is 5.97 Å². The van der Waals surface area contributed by atoms with Crippen LogP contribution >= 0.6 is 0 Å². The molecule has 2 aromatic rings. The first-order valence-electron chi connectivity index (χ1n) is 6.01. The highest BCUT2D eigenvalue weighted by molar-refractivity contribution is 6.06. The second kappa shape index (κ2) is 4.72. The second-order valence-electron chi connectivity index (χ2n) is 4.47. The molecule has 0 aliphatic carbocycles. The number of nitrogens with one attached hydrogen (secondary N) is 1. The number of aryl methyl sites for hydroxylation is 1. The van der Waals surface area contributed by atoms with Crippen molar-refractivity contribution in [1.82, 2.24) is 4.98 Å². The van der Waals surface area contributed by atoms with Crippen molar-refractivity contribution in [1.29, 1.82) is 0 Å². The number of fused-ring (bicyclic) bond motifs is 1. The third kappa shape index (κ3) is 2.06. The van der Waals surface area contributed by atoms with Gasteiger partial charge >= 0.3 is 5.97 Å². The van der Waals surface area contributed by atoms with Gasteiger partial charge in [-0.2, -0.15) is 0 Å². The summed E-state index contributed by atoms with van der Waals surface area (Å²) in [5.74, 6) is -0.267. The minimum Gasteiger partial charge on any atom is -0.462 e. The average molecular weight is 246 g/mol. The molecule has 18 heavy (non-hydrogen) atoms. The van der Waals surface area contributed by atoms with Gasteiger partial charge in [-0.3, -0.25) is 0 Å². The van der Waals surface area contributed by atoms with Crippen molar-refractivity contribution in [2.24, 2.45) is 0 Å². The molecule has 0 aliphatic heterocycles. The van der Waals surface area contributed by atoms with Crippen LogP contribution in [0.4, 0.5) is 5.69 Å². The lowest BCUT2D eigenvalue weighted by Crippen LogP contribution is -2.09. The maximum absolute atomic E-state index is 12.0. The molecule has 2 rings (SSSR count). The molecule has 1 aromatic heterocycles. The molecule has 4 heteroatoms. The summed E-state index contributed by atoms with van der Waals surface area (Å²) in [6.45, 7) is 4.09. The molecule has 1 N–H and O–H groups in total. The number of hydrogen-bond donors (Lipinski definition) is 1. The number of hydrogen-bond acceptors (Lipinski definition) is 3. The number of carbonyl (C=O) groups excluding carboxylic acids is 1. The topological polar surface area (TPSA) is 45.3 Å². The van der Waals surface area contributed by atoms with E-state index in [1.54, 1.807) is 0 Å². The Morgan fingerprint density at radius 2 is 2.11 bits per heavy atom. The number of nitrogens with zero attached hydrogens (tertiary/aromatic N) is 1. The number of benzene rings is 1. The highest BCUT2D eigenvalue weighted by atomic mass is 16.5. The molecule has 0 saturated carbocycles. The van der Waals surface area contributed by atoms with E-state index in [0.717, 1.165) is 22.3 Å². The molecule has 4 nitrogen and oxygen atoms in total. The number of rotatable bonds is 3. The predicted octanol–water partition coefficient (Wildman–Crippen LogP) is 2.72. The number of carbonyl (C=O) groups is 1. The Kier molecular flexibility index (Phi) is 3.28. The van der Waals surface area contributed by atoms with Crippen LogP contribution in [0.3, 0.4) is 0 Å². The van der Waals surface area contributed by atoms with Gasteiger partial charge in [0.05, 0.1) is 12.2 Å². The van der Waals surface area contributed by atoms with Crippen LogP contribution in [0.15, 0.2) is 18.2 Å². The molecular weight excluding hydrogens is 228 g/mol. The molecule has 0 aliphatic rings. The van der Waals surface area contributed by atoms with E-state index >= 15 is 0 Å². The third-order valence-electron chi connectivity index (χ3n) is 2.97. The number of aromatic nitrogens is 1. The highest BCUT2D eigenvalue weighted by Gasteiger charge is 2.17. The molecule has 1 aromatic carbocycles. The van der Waals surface area contributed by atoms with Gasteiger partial charge in [-0.25, -0.2) is 4.79 Å². The Morgan fingerprint density at radius 3 is 2.72 bits per heavy atom. The molecule has 0 fully saturated rings. The maximum Gasteiger partial charge on any atom is 0.340 e. The molecular formula is C14H18N2O2. The van der Waals surface area contributed by atoms with Crippen LogP contribution < -0.4 is 4.90 Å². The molecule has 0 spiro atoms. The zero-order valence-electron chi connectivity index (χ0n) is 11.2. The summed E-state index contributed by atoms with van der Waals surface area (Å²) in [5.41, 5.74) is 3.50. The smallest absolute Gasteiger partial charge is 0.340 e. The van der Waals surface area contributed by atoms with Crippen LogP contribution in [0.1, 0.15) is 23.0 Å². The Bertz CT molecular complexity index is 585. The fourth-order valence-electron chi connectivity index (χ4n) is 2.06. The van der Waals surface area contributed by atoms with Gasteiger partial charge in [-0.05, 0) is 32.0 Å². The van der Waals surface area contributed by atoms with Crippen LogP contribution in [0.2, 0.25) is 0 Å². The van der Waals surface area contributed by atoms with Gasteiger partial charge in [0.25, 0.3) is 0 Å². The zero-order valence-corrected chi connectivity index (χ0v) is 11.2. The minimum absolute atomic E-state index is 0.267. The van der Waals surface area contributed by atoms with Gasteiger partial charge in [-0.15, -0.1) is 0 Å². The first-order chi connectivity index (χ1) is 8.54. The molecule has 0 radical (unpaired) electrons. The largest absolute Gasteiger partial charge is 0.462 e. The summed E-state index contributed by atoms with van der Waals surface area (Å²) in [5, 5.41) is 0.914. The van der Waals surface area contributed by atoms with Crippen LogP contribution in [-0.2, 0) is 4.74 Å². The lowest BCUT2D eigenvalue weighted by atomic mass is 10.1. The molecule has 0 bridgehead atoms. The van der Waals surface area contributed by atoms with Crippen molar-refractivity contribution in [3.8, 4) is 0 Å². The van der Waals surface area contributed by atoms with Gasteiger partial charge < -0.3 is 14.6 Å². The van der Waals surface area contributed by atoms with Gasteiger partial charge in [0.2, 0.25) is 0 Å². The monoisotopic (exact) mass is 246 g/mol. The van der Waals surface area contributed by atoms with Crippen LogP contribution in [0.5, 0.6) is 0 Å². The fraction of sp³-hybridized carbons (Fsp3) is 0.357. The number of anilines is 1. The lowest BCUT2D eigenvalue weighted by molar-refractivity contribution is 0.0528.